The fraction of sp³-hybridized carbons (Fsp3) is 0.222. The van der Waals surface area contributed by atoms with Gasteiger partial charge in [0, 0.05) is 22.3 Å². The number of ether oxygens (including phenoxy) is 1. The van der Waals surface area contributed by atoms with Gasteiger partial charge in [0.05, 0.1) is 12.9 Å². The number of halogens is 1. The zero-order valence-corrected chi connectivity index (χ0v) is 14.8. The molecule has 0 spiro atoms. The Morgan fingerprint density at radius 3 is 2.50 bits per heavy atom. The normalized spacial score (nSPS) is 11.8. The average molecular weight is 364 g/mol. The van der Waals surface area contributed by atoms with Crippen molar-refractivity contribution in [2.75, 3.05) is 12.9 Å². The number of ketones is 1. The molecule has 4 nitrogen and oxygen atoms in total. The Bertz CT molecular complexity index is 718. The minimum Gasteiger partial charge on any atom is -0.497 e. The van der Waals surface area contributed by atoms with Crippen LogP contribution in [-0.4, -0.2) is 24.6 Å². The lowest BCUT2D eigenvalue weighted by molar-refractivity contribution is -0.115. The van der Waals surface area contributed by atoms with Crippen molar-refractivity contribution in [3.05, 3.63) is 64.7 Å². The molecule has 0 aliphatic rings. The summed E-state index contributed by atoms with van der Waals surface area (Å²) in [5.41, 5.74) is 6.74. The second kappa shape index (κ2) is 8.76. The summed E-state index contributed by atoms with van der Waals surface area (Å²) in [5.74, 6) is 0.446. The summed E-state index contributed by atoms with van der Waals surface area (Å²) in [6.07, 6.45) is 0.255. The first-order valence-electron chi connectivity index (χ1n) is 7.32. The highest BCUT2D eigenvalue weighted by Crippen LogP contribution is 2.34. The quantitative estimate of drug-likeness (QED) is 0.722. The number of thioether (sulfide) groups is 1. The smallest absolute Gasteiger partial charge is 0.227 e. The molecule has 0 aliphatic carbocycles. The highest BCUT2D eigenvalue weighted by Gasteiger charge is 2.19. The molecule has 2 rings (SSSR count). The molecule has 0 bridgehead atoms. The summed E-state index contributed by atoms with van der Waals surface area (Å²) in [5, 5.41) is 0.349. The third kappa shape index (κ3) is 5.28. The SMILES string of the molecule is COc1ccc(C(CC(=O)c2cccc(Cl)c2)SCC(N)=O)cc1. The van der Waals surface area contributed by atoms with Crippen LogP contribution in [0.1, 0.15) is 27.6 Å². The van der Waals surface area contributed by atoms with E-state index in [0.717, 1.165) is 11.3 Å². The van der Waals surface area contributed by atoms with Gasteiger partial charge in [-0.3, -0.25) is 9.59 Å². The van der Waals surface area contributed by atoms with Crippen LogP contribution in [0.15, 0.2) is 48.5 Å². The van der Waals surface area contributed by atoms with Crippen molar-refractivity contribution in [2.45, 2.75) is 11.7 Å². The average Bonchev–Trinajstić information content (AvgIpc) is 2.58. The summed E-state index contributed by atoms with van der Waals surface area (Å²) in [7, 11) is 1.59. The van der Waals surface area contributed by atoms with E-state index in [1.165, 1.54) is 11.8 Å². The van der Waals surface area contributed by atoms with Crippen LogP contribution in [0.5, 0.6) is 5.75 Å². The Labute approximate surface area is 150 Å². The Kier molecular flexibility index (Phi) is 6.70. The van der Waals surface area contributed by atoms with E-state index in [9.17, 15) is 9.59 Å². The van der Waals surface area contributed by atoms with Gasteiger partial charge in [0.2, 0.25) is 5.91 Å². The summed E-state index contributed by atoms with van der Waals surface area (Å²) in [6, 6.07) is 14.3. The summed E-state index contributed by atoms with van der Waals surface area (Å²) < 4.78 is 5.15. The van der Waals surface area contributed by atoms with E-state index in [0.29, 0.717) is 10.6 Å². The van der Waals surface area contributed by atoms with Crippen molar-refractivity contribution in [3.63, 3.8) is 0 Å². The van der Waals surface area contributed by atoms with Gasteiger partial charge in [-0.05, 0) is 29.8 Å². The topological polar surface area (TPSA) is 69.4 Å². The van der Waals surface area contributed by atoms with E-state index >= 15 is 0 Å². The number of hydrogen-bond acceptors (Lipinski definition) is 4. The van der Waals surface area contributed by atoms with Crippen molar-refractivity contribution in [2.24, 2.45) is 5.73 Å². The molecule has 0 aliphatic heterocycles. The molecule has 0 radical (unpaired) electrons. The van der Waals surface area contributed by atoms with Crippen LogP contribution < -0.4 is 10.5 Å². The Hall–Kier alpha value is -1.98. The van der Waals surface area contributed by atoms with E-state index in [1.54, 1.807) is 31.4 Å². The molecule has 2 aromatic carbocycles. The fourth-order valence-electron chi connectivity index (χ4n) is 2.22. The van der Waals surface area contributed by atoms with E-state index < -0.39 is 5.91 Å². The van der Waals surface area contributed by atoms with Gasteiger partial charge in [-0.1, -0.05) is 35.9 Å². The van der Waals surface area contributed by atoms with Gasteiger partial charge < -0.3 is 10.5 Å². The number of hydrogen-bond donors (Lipinski definition) is 1. The van der Waals surface area contributed by atoms with E-state index in [1.807, 2.05) is 24.3 Å². The third-order valence-electron chi connectivity index (χ3n) is 3.43. The number of carbonyl (C=O) groups is 2. The standard InChI is InChI=1S/C18H18ClNO3S/c1-23-15-7-5-12(6-8-15)17(24-11-18(20)22)10-16(21)13-3-2-4-14(19)9-13/h2-9,17H,10-11H2,1H3,(H2,20,22). The van der Waals surface area contributed by atoms with E-state index in [4.69, 9.17) is 22.1 Å². The van der Waals surface area contributed by atoms with E-state index in [2.05, 4.69) is 0 Å². The molecule has 0 heterocycles. The molecule has 0 saturated carbocycles. The number of methoxy groups -OCH3 is 1. The molecule has 126 valence electrons. The molecule has 1 amide bonds. The van der Waals surface area contributed by atoms with Crippen molar-refractivity contribution in [3.8, 4) is 5.75 Å². The monoisotopic (exact) mass is 363 g/mol. The van der Waals surface area contributed by atoms with Gasteiger partial charge in [0.25, 0.3) is 0 Å². The number of carbonyl (C=O) groups excluding carboxylic acids is 2. The van der Waals surface area contributed by atoms with Gasteiger partial charge in [0.15, 0.2) is 5.78 Å². The Morgan fingerprint density at radius 1 is 1.21 bits per heavy atom. The van der Waals surface area contributed by atoms with E-state index in [-0.39, 0.29) is 23.2 Å². The molecule has 1 atom stereocenters. The lowest BCUT2D eigenvalue weighted by Crippen LogP contribution is -2.15. The van der Waals surface area contributed by atoms with Crippen LogP contribution in [-0.2, 0) is 4.79 Å². The lowest BCUT2D eigenvalue weighted by atomic mass is 10.0. The van der Waals surface area contributed by atoms with Crippen molar-refractivity contribution >= 4 is 35.1 Å². The highest BCUT2D eigenvalue weighted by molar-refractivity contribution is 8.00. The molecule has 2 aromatic rings. The van der Waals surface area contributed by atoms with Crippen LogP contribution in [0.4, 0.5) is 0 Å². The zero-order valence-electron chi connectivity index (χ0n) is 13.2. The molecule has 6 heteroatoms. The predicted octanol–water partition coefficient (Wildman–Crippen LogP) is 3.88. The van der Waals surface area contributed by atoms with Crippen LogP contribution in [0.2, 0.25) is 5.02 Å². The highest BCUT2D eigenvalue weighted by atomic mass is 35.5. The van der Waals surface area contributed by atoms with Crippen LogP contribution >= 0.6 is 23.4 Å². The maximum atomic E-state index is 12.5. The second-order valence-corrected chi connectivity index (χ2v) is 6.80. The van der Waals surface area contributed by atoms with Gasteiger partial charge in [-0.15, -0.1) is 11.8 Å². The number of nitrogens with two attached hydrogens (primary N) is 1. The molecular formula is C18H18ClNO3S. The number of rotatable bonds is 8. The van der Waals surface area contributed by atoms with Crippen molar-refractivity contribution in [1.29, 1.82) is 0 Å². The maximum Gasteiger partial charge on any atom is 0.227 e. The Morgan fingerprint density at radius 2 is 1.92 bits per heavy atom. The van der Waals surface area contributed by atoms with Gasteiger partial charge >= 0.3 is 0 Å². The molecule has 0 saturated heterocycles. The molecule has 2 N–H and O–H groups in total. The summed E-state index contributed by atoms with van der Waals surface area (Å²) in [6.45, 7) is 0. The first kappa shape index (κ1) is 18.4. The molecule has 1 unspecified atom stereocenters. The van der Waals surface area contributed by atoms with Crippen LogP contribution in [0.3, 0.4) is 0 Å². The molecule has 24 heavy (non-hydrogen) atoms. The van der Waals surface area contributed by atoms with Crippen LogP contribution in [0, 0.1) is 0 Å². The zero-order chi connectivity index (χ0) is 17.5. The maximum absolute atomic E-state index is 12.5. The number of Topliss-reactive ketones (excluding diaryl/α,β-unsaturated/α-hetero) is 1. The predicted molar refractivity (Wildman–Crippen MR) is 97.8 cm³/mol. The van der Waals surface area contributed by atoms with Crippen molar-refractivity contribution < 1.29 is 14.3 Å². The lowest BCUT2D eigenvalue weighted by Gasteiger charge is -2.16. The molecular weight excluding hydrogens is 346 g/mol. The first-order valence-corrected chi connectivity index (χ1v) is 8.75. The molecule has 0 fully saturated rings. The van der Waals surface area contributed by atoms with Gasteiger partial charge in [-0.25, -0.2) is 0 Å². The second-order valence-electron chi connectivity index (χ2n) is 5.18. The largest absolute Gasteiger partial charge is 0.497 e. The summed E-state index contributed by atoms with van der Waals surface area (Å²) >= 11 is 7.30. The van der Waals surface area contributed by atoms with Crippen molar-refractivity contribution in [1.82, 2.24) is 0 Å². The minimum atomic E-state index is -0.409. The number of amides is 1. The van der Waals surface area contributed by atoms with Crippen LogP contribution in [0.25, 0.3) is 0 Å². The van der Waals surface area contributed by atoms with Gasteiger partial charge in [-0.2, -0.15) is 0 Å². The first-order chi connectivity index (χ1) is 11.5. The van der Waals surface area contributed by atoms with Gasteiger partial charge in [0.1, 0.15) is 5.75 Å². The minimum absolute atomic E-state index is 0.0321. The third-order valence-corrected chi connectivity index (χ3v) is 4.96. The Balaban J connectivity index is 2.18. The number of benzene rings is 2. The fourth-order valence-corrected chi connectivity index (χ4v) is 3.40. The molecule has 0 aromatic heterocycles. The summed E-state index contributed by atoms with van der Waals surface area (Å²) in [4.78, 5) is 23.7. The number of primary amides is 1.